The molecule has 0 N–H and O–H groups in total. The Morgan fingerprint density at radius 2 is 1.72 bits per heavy atom. The van der Waals surface area contributed by atoms with Crippen LogP contribution >= 0.6 is 11.6 Å². The standard InChI is InChI=1S/C14H14ClN3/c15-13-11-4-2-1-3-5-12(11)17-14(18-13)10-6-8-16-9-7-10/h6-9H,1-5H2. The van der Waals surface area contributed by atoms with Gasteiger partial charge in [-0.2, -0.15) is 0 Å². The molecule has 0 saturated heterocycles. The number of pyridine rings is 1. The van der Waals surface area contributed by atoms with Crippen molar-refractivity contribution in [3.8, 4) is 11.4 Å². The maximum absolute atomic E-state index is 6.30. The van der Waals surface area contributed by atoms with Crippen molar-refractivity contribution in [2.45, 2.75) is 32.1 Å². The van der Waals surface area contributed by atoms with Crippen LogP contribution in [0, 0.1) is 0 Å². The Balaban J connectivity index is 2.08. The van der Waals surface area contributed by atoms with Crippen molar-refractivity contribution >= 4 is 11.6 Å². The summed E-state index contributed by atoms with van der Waals surface area (Å²) in [4.78, 5) is 13.1. The van der Waals surface area contributed by atoms with Gasteiger partial charge in [-0.05, 0) is 37.8 Å². The van der Waals surface area contributed by atoms with E-state index < -0.39 is 0 Å². The molecular formula is C14H14ClN3. The van der Waals surface area contributed by atoms with Gasteiger partial charge in [0.2, 0.25) is 0 Å². The van der Waals surface area contributed by atoms with E-state index in [9.17, 15) is 0 Å². The number of halogens is 1. The van der Waals surface area contributed by atoms with Crippen LogP contribution in [0.5, 0.6) is 0 Å². The number of aromatic nitrogens is 3. The smallest absolute Gasteiger partial charge is 0.161 e. The third-order valence-electron chi connectivity index (χ3n) is 3.32. The van der Waals surface area contributed by atoms with Crippen LogP contribution in [-0.2, 0) is 12.8 Å². The van der Waals surface area contributed by atoms with E-state index in [2.05, 4.69) is 15.0 Å². The molecule has 0 amide bonds. The second-order valence-electron chi connectivity index (χ2n) is 4.56. The minimum atomic E-state index is 0.619. The average Bonchev–Trinajstić information content (AvgIpc) is 2.65. The van der Waals surface area contributed by atoms with Gasteiger partial charge in [0.15, 0.2) is 5.82 Å². The van der Waals surface area contributed by atoms with Gasteiger partial charge in [0.25, 0.3) is 0 Å². The van der Waals surface area contributed by atoms with Crippen LogP contribution in [-0.4, -0.2) is 15.0 Å². The molecule has 0 radical (unpaired) electrons. The zero-order chi connectivity index (χ0) is 12.4. The first-order valence-corrected chi connectivity index (χ1v) is 6.68. The first kappa shape index (κ1) is 11.6. The second-order valence-corrected chi connectivity index (χ2v) is 4.92. The maximum Gasteiger partial charge on any atom is 0.161 e. The van der Waals surface area contributed by atoms with Crippen molar-refractivity contribution in [1.82, 2.24) is 15.0 Å². The molecule has 0 fully saturated rings. The van der Waals surface area contributed by atoms with Crippen LogP contribution in [0.1, 0.15) is 30.5 Å². The predicted molar refractivity (Wildman–Crippen MR) is 71.5 cm³/mol. The van der Waals surface area contributed by atoms with Crippen molar-refractivity contribution in [2.24, 2.45) is 0 Å². The minimum Gasteiger partial charge on any atom is -0.265 e. The van der Waals surface area contributed by atoms with Crippen LogP contribution in [0.15, 0.2) is 24.5 Å². The van der Waals surface area contributed by atoms with Crippen LogP contribution in [0.25, 0.3) is 11.4 Å². The first-order chi connectivity index (χ1) is 8.84. The summed E-state index contributed by atoms with van der Waals surface area (Å²) in [5.74, 6) is 0.711. The summed E-state index contributed by atoms with van der Waals surface area (Å²) in [6.07, 6.45) is 9.13. The highest BCUT2D eigenvalue weighted by Gasteiger charge is 2.16. The lowest BCUT2D eigenvalue weighted by molar-refractivity contribution is 0.709. The summed E-state index contributed by atoms with van der Waals surface area (Å²) in [7, 11) is 0. The Hall–Kier alpha value is -1.48. The summed E-state index contributed by atoms with van der Waals surface area (Å²) >= 11 is 6.30. The van der Waals surface area contributed by atoms with E-state index in [-0.39, 0.29) is 0 Å². The summed E-state index contributed by atoms with van der Waals surface area (Å²) in [6.45, 7) is 0. The third kappa shape index (κ3) is 2.23. The van der Waals surface area contributed by atoms with Gasteiger partial charge in [-0.15, -0.1) is 0 Å². The molecule has 92 valence electrons. The van der Waals surface area contributed by atoms with E-state index in [0.29, 0.717) is 11.0 Å². The number of rotatable bonds is 1. The van der Waals surface area contributed by atoms with Gasteiger partial charge in [-0.25, -0.2) is 9.97 Å². The van der Waals surface area contributed by atoms with Crippen molar-refractivity contribution in [3.05, 3.63) is 40.9 Å². The SMILES string of the molecule is Clc1nc(-c2ccncc2)nc2c1CCCCC2. The largest absolute Gasteiger partial charge is 0.265 e. The predicted octanol–water partition coefficient (Wildman–Crippen LogP) is 3.46. The minimum absolute atomic E-state index is 0.619. The Labute approximate surface area is 111 Å². The lowest BCUT2D eigenvalue weighted by Crippen LogP contribution is -2.02. The fourth-order valence-corrected chi connectivity index (χ4v) is 2.64. The molecule has 3 nitrogen and oxygen atoms in total. The van der Waals surface area contributed by atoms with Crippen molar-refractivity contribution in [2.75, 3.05) is 0 Å². The molecule has 0 unspecified atom stereocenters. The van der Waals surface area contributed by atoms with E-state index in [1.165, 1.54) is 19.3 Å². The van der Waals surface area contributed by atoms with Crippen molar-refractivity contribution in [1.29, 1.82) is 0 Å². The normalized spacial score (nSPS) is 14.9. The first-order valence-electron chi connectivity index (χ1n) is 6.30. The number of hydrogen-bond acceptors (Lipinski definition) is 3. The molecule has 18 heavy (non-hydrogen) atoms. The van der Waals surface area contributed by atoms with Gasteiger partial charge in [-0.3, -0.25) is 4.98 Å². The van der Waals surface area contributed by atoms with Crippen molar-refractivity contribution in [3.63, 3.8) is 0 Å². The Bertz CT molecular complexity index is 554. The highest BCUT2D eigenvalue weighted by molar-refractivity contribution is 6.30. The number of aryl methyl sites for hydroxylation is 1. The zero-order valence-corrected chi connectivity index (χ0v) is 10.8. The van der Waals surface area contributed by atoms with Gasteiger partial charge in [0.05, 0.1) is 0 Å². The molecule has 3 rings (SSSR count). The molecule has 0 bridgehead atoms. The third-order valence-corrected chi connectivity index (χ3v) is 3.63. The molecule has 0 aliphatic heterocycles. The van der Waals surface area contributed by atoms with E-state index in [1.807, 2.05) is 12.1 Å². The Kier molecular flexibility index (Phi) is 3.24. The lowest BCUT2D eigenvalue weighted by atomic mass is 10.1. The van der Waals surface area contributed by atoms with Crippen LogP contribution in [0.2, 0.25) is 5.15 Å². The molecular weight excluding hydrogens is 246 g/mol. The fraction of sp³-hybridized carbons (Fsp3) is 0.357. The molecule has 0 saturated carbocycles. The number of hydrogen-bond donors (Lipinski definition) is 0. The zero-order valence-electron chi connectivity index (χ0n) is 10.1. The molecule has 0 atom stereocenters. The van der Waals surface area contributed by atoms with E-state index in [0.717, 1.165) is 29.7 Å². The monoisotopic (exact) mass is 259 g/mol. The number of fused-ring (bicyclic) bond motifs is 1. The van der Waals surface area contributed by atoms with E-state index >= 15 is 0 Å². The van der Waals surface area contributed by atoms with Gasteiger partial charge in [-0.1, -0.05) is 18.0 Å². The lowest BCUT2D eigenvalue weighted by Gasteiger charge is -2.09. The molecule has 0 aromatic carbocycles. The van der Waals surface area contributed by atoms with E-state index in [4.69, 9.17) is 11.6 Å². The summed E-state index contributed by atoms with van der Waals surface area (Å²) in [5, 5.41) is 0.619. The highest BCUT2D eigenvalue weighted by Crippen LogP contribution is 2.27. The Morgan fingerprint density at radius 3 is 2.56 bits per heavy atom. The van der Waals surface area contributed by atoms with Crippen LogP contribution < -0.4 is 0 Å². The second kappa shape index (κ2) is 5.02. The molecule has 2 heterocycles. The van der Waals surface area contributed by atoms with Gasteiger partial charge in [0, 0.05) is 29.2 Å². The van der Waals surface area contributed by atoms with Crippen LogP contribution in [0.4, 0.5) is 0 Å². The van der Waals surface area contributed by atoms with E-state index in [1.54, 1.807) is 12.4 Å². The molecule has 4 heteroatoms. The summed E-state index contributed by atoms with van der Waals surface area (Å²) < 4.78 is 0. The molecule has 1 aliphatic rings. The summed E-state index contributed by atoms with van der Waals surface area (Å²) in [6, 6.07) is 3.82. The quantitative estimate of drug-likeness (QED) is 0.582. The molecule has 2 aromatic rings. The van der Waals surface area contributed by atoms with Gasteiger partial charge in [0.1, 0.15) is 5.15 Å². The fourth-order valence-electron chi connectivity index (χ4n) is 2.36. The maximum atomic E-state index is 6.30. The Morgan fingerprint density at radius 1 is 0.944 bits per heavy atom. The molecule has 2 aromatic heterocycles. The molecule has 0 spiro atoms. The summed E-state index contributed by atoms with van der Waals surface area (Å²) in [5.41, 5.74) is 3.24. The highest BCUT2D eigenvalue weighted by atomic mass is 35.5. The average molecular weight is 260 g/mol. The molecule has 1 aliphatic carbocycles. The number of nitrogens with zero attached hydrogens (tertiary/aromatic N) is 3. The topological polar surface area (TPSA) is 38.7 Å². The van der Waals surface area contributed by atoms with Crippen LogP contribution in [0.3, 0.4) is 0 Å². The van der Waals surface area contributed by atoms with Gasteiger partial charge < -0.3 is 0 Å². The van der Waals surface area contributed by atoms with Crippen molar-refractivity contribution < 1.29 is 0 Å². The van der Waals surface area contributed by atoms with Gasteiger partial charge >= 0.3 is 0 Å².